The fourth-order valence-electron chi connectivity index (χ4n) is 4.29. The van der Waals surface area contributed by atoms with E-state index in [9.17, 15) is 14.7 Å². The zero-order valence-corrected chi connectivity index (χ0v) is 19.0. The van der Waals surface area contributed by atoms with E-state index in [1.807, 2.05) is 35.2 Å². The first-order valence-electron chi connectivity index (χ1n) is 10.9. The molecule has 8 heteroatoms. The van der Waals surface area contributed by atoms with Crippen LogP contribution in [0.1, 0.15) is 42.9 Å². The van der Waals surface area contributed by atoms with Crippen molar-refractivity contribution in [2.75, 3.05) is 24.7 Å². The van der Waals surface area contributed by atoms with Crippen LogP contribution in [0.25, 0.3) is 0 Å². The quantitative estimate of drug-likeness (QED) is 0.555. The molecule has 3 N–H and O–H groups in total. The van der Waals surface area contributed by atoms with E-state index in [4.69, 9.17) is 4.74 Å². The SMILES string of the molecule is CSc1ccccc1[C@H]1CCCN1C(=O)CCC(=O)NCc1ccc2c(c1)OC[C@@H](O)N2. The maximum Gasteiger partial charge on any atom is 0.223 e. The molecule has 2 aromatic carbocycles. The Morgan fingerprint density at radius 1 is 1.25 bits per heavy atom. The van der Waals surface area contributed by atoms with Gasteiger partial charge >= 0.3 is 0 Å². The summed E-state index contributed by atoms with van der Waals surface area (Å²) in [6.45, 7) is 1.29. The molecule has 0 aliphatic carbocycles. The van der Waals surface area contributed by atoms with Gasteiger partial charge in [-0.1, -0.05) is 24.3 Å². The second-order valence-electron chi connectivity index (χ2n) is 8.07. The molecule has 7 nitrogen and oxygen atoms in total. The van der Waals surface area contributed by atoms with E-state index in [-0.39, 0.29) is 37.3 Å². The van der Waals surface area contributed by atoms with Gasteiger partial charge in [-0.05, 0) is 48.4 Å². The zero-order chi connectivity index (χ0) is 22.5. The number of ether oxygens (including phenoxy) is 1. The van der Waals surface area contributed by atoms with E-state index in [2.05, 4.69) is 29.0 Å². The lowest BCUT2D eigenvalue weighted by Crippen LogP contribution is -2.32. The molecule has 1 fully saturated rings. The first kappa shape index (κ1) is 22.5. The number of aliphatic hydroxyl groups excluding tert-OH is 1. The van der Waals surface area contributed by atoms with Crippen molar-refractivity contribution in [3.63, 3.8) is 0 Å². The van der Waals surface area contributed by atoms with Crippen LogP contribution in [0.3, 0.4) is 0 Å². The van der Waals surface area contributed by atoms with Crippen LogP contribution < -0.4 is 15.4 Å². The number of anilines is 1. The van der Waals surface area contributed by atoms with Gasteiger partial charge < -0.3 is 25.4 Å². The second-order valence-corrected chi connectivity index (χ2v) is 8.91. The molecule has 2 atom stereocenters. The number of rotatable bonds is 7. The van der Waals surface area contributed by atoms with E-state index in [1.165, 1.54) is 10.5 Å². The summed E-state index contributed by atoms with van der Waals surface area (Å²) in [7, 11) is 0. The maximum atomic E-state index is 12.9. The Labute approximate surface area is 192 Å². The highest BCUT2D eigenvalue weighted by Gasteiger charge is 2.31. The van der Waals surface area contributed by atoms with E-state index in [1.54, 1.807) is 11.8 Å². The van der Waals surface area contributed by atoms with Gasteiger partial charge in [-0.25, -0.2) is 0 Å². The van der Waals surface area contributed by atoms with Crippen LogP contribution in [0.2, 0.25) is 0 Å². The van der Waals surface area contributed by atoms with E-state index >= 15 is 0 Å². The van der Waals surface area contributed by atoms with E-state index in [0.717, 1.165) is 30.6 Å². The maximum absolute atomic E-state index is 12.9. The molecule has 2 heterocycles. The van der Waals surface area contributed by atoms with Gasteiger partial charge in [0.2, 0.25) is 11.8 Å². The largest absolute Gasteiger partial charge is 0.487 e. The number of amides is 2. The number of nitrogens with one attached hydrogen (secondary N) is 2. The fourth-order valence-corrected chi connectivity index (χ4v) is 4.94. The van der Waals surface area contributed by atoms with Crippen molar-refractivity contribution in [2.24, 2.45) is 0 Å². The monoisotopic (exact) mass is 455 g/mol. The second kappa shape index (κ2) is 10.3. The van der Waals surface area contributed by atoms with Crippen molar-refractivity contribution < 1.29 is 19.4 Å². The zero-order valence-electron chi connectivity index (χ0n) is 18.2. The van der Waals surface area contributed by atoms with Crippen molar-refractivity contribution in [3.05, 3.63) is 53.6 Å². The summed E-state index contributed by atoms with van der Waals surface area (Å²) in [6, 6.07) is 13.9. The molecular weight excluding hydrogens is 426 g/mol. The number of nitrogens with zero attached hydrogens (tertiary/aromatic N) is 1. The number of carbonyl (C=O) groups is 2. The lowest BCUT2D eigenvalue weighted by atomic mass is 10.0. The van der Waals surface area contributed by atoms with Crippen molar-refractivity contribution in [3.8, 4) is 5.75 Å². The summed E-state index contributed by atoms with van der Waals surface area (Å²) in [5.74, 6) is 0.541. The minimum Gasteiger partial charge on any atom is -0.487 e. The van der Waals surface area contributed by atoms with E-state index < -0.39 is 6.23 Å². The Kier molecular flexibility index (Phi) is 7.22. The molecule has 32 heavy (non-hydrogen) atoms. The van der Waals surface area contributed by atoms with Crippen molar-refractivity contribution in [2.45, 2.75) is 49.4 Å². The van der Waals surface area contributed by atoms with Crippen LogP contribution in [-0.2, 0) is 16.1 Å². The fraction of sp³-hybridized carbons (Fsp3) is 0.417. The minimum atomic E-state index is -0.713. The third-order valence-corrected chi connectivity index (χ3v) is 6.70. The third kappa shape index (κ3) is 5.19. The first-order chi connectivity index (χ1) is 15.5. The number of hydrogen-bond donors (Lipinski definition) is 3. The molecule has 0 spiro atoms. The van der Waals surface area contributed by atoms with Crippen LogP contribution in [0.5, 0.6) is 5.75 Å². The average molecular weight is 456 g/mol. The molecule has 2 amide bonds. The lowest BCUT2D eigenvalue weighted by Gasteiger charge is -2.26. The highest BCUT2D eigenvalue weighted by molar-refractivity contribution is 7.98. The summed E-state index contributed by atoms with van der Waals surface area (Å²) >= 11 is 1.70. The Morgan fingerprint density at radius 2 is 2.09 bits per heavy atom. The molecule has 4 rings (SSSR count). The van der Waals surface area contributed by atoms with Gasteiger partial charge in [0.15, 0.2) is 6.23 Å². The molecule has 2 aliphatic heterocycles. The Bertz CT molecular complexity index is 983. The normalized spacial score (nSPS) is 19.6. The van der Waals surface area contributed by atoms with Crippen molar-refractivity contribution in [1.82, 2.24) is 10.2 Å². The van der Waals surface area contributed by atoms with Crippen LogP contribution in [0, 0.1) is 0 Å². The Balaban J connectivity index is 1.28. The number of likely N-dealkylation sites (tertiary alicyclic amines) is 1. The summed E-state index contributed by atoms with van der Waals surface area (Å²) in [5, 5.41) is 15.4. The summed E-state index contributed by atoms with van der Waals surface area (Å²) in [6.07, 6.45) is 3.66. The van der Waals surface area contributed by atoms with Gasteiger partial charge in [-0.2, -0.15) is 0 Å². The predicted octanol–water partition coefficient (Wildman–Crippen LogP) is 3.29. The molecule has 1 saturated heterocycles. The van der Waals surface area contributed by atoms with Crippen LogP contribution in [0.15, 0.2) is 47.4 Å². The van der Waals surface area contributed by atoms with Gasteiger partial charge in [0.1, 0.15) is 12.4 Å². The van der Waals surface area contributed by atoms with Crippen LogP contribution in [0.4, 0.5) is 5.69 Å². The highest BCUT2D eigenvalue weighted by atomic mass is 32.2. The highest BCUT2D eigenvalue weighted by Crippen LogP contribution is 2.37. The van der Waals surface area contributed by atoms with Crippen molar-refractivity contribution >= 4 is 29.3 Å². The average Bonchev–Trinajstić information content (AvgIpc) is 3.31. The molecule has 0 radical (unpaired) electrons. The van der Waals surface area contributed by atoms with E-state index in [0.29, 0.717) is 12.3 Å². The predicted molar refractivity (Wildman–Crippen MR) is 125 cm³/mol. The topological polar surface area (TPSA) is 90.9 Å². The van der Waals surface area contributed by atoms with Gasteiger partial charge in [0.05, 0.1) is 11.7 Å². The standard InChI is InChI=1S/C24H29N3O4S/c1-32-21-7-3-2-5-17(21)19-6-4-12-27(19)24(30)11-10-22(28)25-14-16-8-9-18-20(13-16)31-15-23(29)26-18/h2-3,5,7-9,13,19,23,26,29H,4,6,10-12,14-15H2,1H3,(H,25,28)/t19-,23-/m1/s1. The summed E-state index contributed by atoms with van der Waals surface area (Å²) in [5.41, 5.74) is 2.83. The Morgan fingerprint density at radius 3 is 2.94 bits per heavy atom. The molecule has 0 bridgehead atoms. The van der Waals surface area contributed by atoms with Gasteiger partial charge in [0.25, 0.3) is 0 Å². The van der Waals surface area contributed by atoms with Crippen LogP contribution in [-0.4, -0.2) is 47.5 Å². The smallest absolute Gasteiger partial charge is 0.223 e. The molecule has 2 aromatic rings. The number of aliphatic hydroxyl groups is 1. The van der Waals surface area contributed by atoms with Gasteiger partial charge in [-0.3, -0.25) is 9.59 Å². The number of hydrogen-bond acceptors (Lipinski definition) is 6. The number of thioether (sulfide) groups is 1. The number of benzene rings is 2. The Hall–Kier alpha value is -2.71. The van der Waals surface area contributed by atoms with Gasteiger partial charge in [0, 0.05) is 30.8 Å². The summed E-state index contributed by atoms with van der Waals surface area (Å²) < 4.78 is 5.51. The van der Waals surface area contributed by atoms with Gasteiger partial charge in [-0.15, -0.1) is 11.8 Å². The lowest BCUT2D eigenvalue weighted by molar-refractivity contribution is -0.134. The minimum absolute atomic E-state index is 0.0327. The third-order valence-electron chi connectivity index (χ3n) is 5.89. The molecule has 0 saturated carbocycles. The molecule has 0 aromatic heterocycles. The molecule has 0 unspecified atom stereocenters. The van der Waals surface area contributed by atoms with Crippen molar-refractivity contribution in [1.29, 1.82) is 0 Å². The van der Waals surface area contributed by atoms with Crippen LogP contribution >= 0.6 is 11.8 Å². The molecule has 2 aliphatic rings. The summed E-state index contributed by atoms with van der Waals surface area (Å²) in [4.78, 5) is 28.4. The number of fused-ring (bicyclic) bond motifs is 1. The molecular formula is C24H29N3O4S. The molecule has 170 valence electrons. The first-order valence-corrected chi connectivity index (χ1v) is 12.2. The number of carbonyl (C=O) groups excluding carboxylic acids is 2.